The zero-order valence-corrected chi connectivity index (χ0v) is 12.0. The summed E-state index contributed by atoms with van der Waals surface area (Å²) in [5, 5.41) is 11.3. The predicted octanol–water partition coefficient (Wildman–Crippen LogP) is 2.01. The fourth-order valence-corrected chi connectivity index (χ4v) is 2.64. The van der Waals surface area contributed by atoms with Crippen LogP contribution >= 0.6 is 15.9 Å². The van der Waals surface area contributed by atoms with Gasteiger partial charge in [0.1, 0.15) is 0 Å². The van der Waals surface area contributed by atoms with Gasteiger partial charge in [0.25, 0.3) is 0 Å². The van der Waals surface area contributed by atoms with E-state index < -0.39 is 11.8 Å². The fraction of sp³-hybridized carbons (Fsp3) is 0.357. The van der Waals surface area contributed by atoms with Crippen LogP contribution in [-0.4, -0.2) is 18.7 Å². The summed E-state index contributed by atoms with van der Waals surface area (Å²) in [6.07, 6.45) is 0.713. The summed E-state index contributed by atoms with van der Waals surface area (Å²) in [4.78, 5) is 23.6. The van der Waals surface area contributed by atoms with Crippen molar-refractivity contribution in [3.63, 3.8) is 0 Å². The van der Waals surface area contributed by atoms with Crippen LogP contribution in [0.3, 0.4) is 0 Å². The number of hydrogen-bond acceptors (Lipinski definition) is 3. The van der Waals surface area contributed by atoms with E-state index in [0.29, 0.717) is 6.42 Å². The van der Waals surface area contributed by atoms with Crippen LogP contribution in [0.1, 0.15) is 17.9 Å². The predicted molar refractivity (Wildman–Crippen MR) is 73.2 cm³/mol. The number of hydrogen-bond donors (Lipinski definition) is 1. The van der Waals surface area contributed by atoms with Crippen molar-refractivity contribution >= 4 is 27.6 Å². The van der Waals surface area contributed by atoms with E-state index in [1.54, 1.807) is 6.07 Å². The van der Waals surface area contributed by atoms with Crippen LogP contribution in [0.15, 0.2) is 28.7 Å². The second-order valence-electron chi connectivity index (χ2n) is 4.58. The number of nitriles is 1. The second-order valence-corrected chi connectivity index (χ2v) is 5.50. The Bertz CT molecular complexity index is 565. The highest BCUT2D eigenvalue weighted by Gasteiger charge is 2.47. The Labute approximate surface area is 119 Å². The minimum atomic E-state index is -1.19. The van der Waals surface area contributed by atoms with Gasteiger partial charge in [-0.1, -0.05) is 28.1 Å². The molecule has 0 unspecified atom stereocenters. The summed E-state index contributed by atoms with van der Waals surface area (Å²) in [6, 6.07) is 9.56. The lowest BCUT2D eigenvalue weighted by atomic mass is 9.98. The third-order valence-corrected chi connectivity index (χ3v) is 3.85. The number of carbonyl (C=O) groups is 2. The maximum absolute atomic E-state index is 12.1. The average Bonchev–Trinajstić information content (AvgIpc) is 3.19. The topological polar surface area (TPSA) is 70.0 Å². The van der Waals surface area contributed by atoms with Gasteiger partial charge in [0.05, 0.1) is 6.07 Å². The average molecular weight is 321 g/mol. The normalized spacial score (nSPS) is 22.2. The molecule has 98 valence electrons. The molecule has 3 atom stereocenters. The first-order valence-electron chi connectivity index (χ1n) is 5.99. The molecule has 1 aliphatic carbocycles. The summed E-state index contributed by atoms with van der Waals surface area (Å²) < 4.78 is 0.964. The van der Waals surface area contributed by atoms with Crippen molar-refractivity contribution in [1.82, 2.24) is 5.32 Å². The molecule has 0 saturated heterocycles. The van der Waals surface area contributed by atoms with Crippen molar-refractivity contribution < 1.29 is 9.59 Å². The van der Waals surface area contributed by atoms with E-state index in [1.165, 1.54) is 7.05 Å². The van der Waals surface area contributed by atoms with Crippen LogP contribution in [0.5, 0.6) is 0 Å². The van der Waals surface area contributed by atoms with Gasteiger partial charge in [0.15, 0.2) is 11.7 Å². The van der Waals surface area contributed by atoms with E-state index in [9.17, 15) is 9.59 Å². The molecule has 1 aliphatic rings. The number of Topliss-reactive ketones (excluding diaryl/α,β-unsaturated/α-hetero) is 1. The molecule has 1 aromatic rings. The Morgan fingerprint density at radius 1 is 1.53 bits per heavy atom. The maximum Gasteiger partial charge on any atom is 0.244 e. The minimum Gasteiger partial charge on any atom is -0.358 e. The smallest absolute Gasteiger partial charge is 0.244 e. The van der Waals surface area contributed by atoms with E-state index in [4.69, 9.17) is 5.26 Å². The molecular formula is C14H13BrN2O2. The molecule has 0 aromatic heterocycles. The van der Waals surface area contributed by atoms with E-state index in [0.717, 1.165) is 10.0 Å². The molecule has 2 rings (SSSR count). The minimum absolute atomic E-state index is 0.130. The standard InChI is InChI=1S/C14H13BrN2O2/c1-17-14(19)12(7-16)13(18)11-6-10(11)8-3-2-4-9(15)5-8/h2-5,10-12H,6H2,1H3,(H,17,19)/t10-,11+,12+/m0/s1. The molecule has 0 aliphatic heterocycles. The van der Waals surface area contributed by atoms with E-state index in [2.05, 4.69) is 21.2 Å². The molecule has 1 N–H and O–H groups in total. The molecule has 1 amide bonds. The van der Waals surface area contributed by atoms with Gasteiger partial charge in [-0.3, -0.25) is 9.59 Å². The van der Waals surface area contributed by atoms with E-state index in [-0.39, 0.29) is 17.6 Å². The number of halogens is 1. The molecule has 5 heteroatoms. The number of carbonyl (C=O) groups excluding carboxylic acids is 2. The van der Waals surface area contributed by atoms with Gasteiger partial charge in [-0.05, 0) is 30.0 Å². The van der Waals surface area contributed by atoms with Crippen molar-refractivity contribution in [1.29, 1.82) is 5.26 Å². The molecule has 0 heterocycles. The first kappa shape index (κ1) is 13.8. The molecule has 1 aromatic carbocycles. The first-order valence-corrected chi connectivity index (χ1v) is 6.78. The number of nitrogens with zero attached hydrogens (tertiary/aromatic N) is 1. The summed E-state index contributed by atoms with van der Waals surface area (Å²) >= 11 is 3.39. The van der Waals surface area contributed by atoms with E-state index >= 15 is 0 Å². The lowest BCUT2D eigenvalue weighted by Gasteiger charge is -2.06. The Hall–Kier alpha value is -1.67. The molecule has 1 fully saturated rings. The van der Waals surface area contributed by atoms with Crippen molar-refractivity contribution in [2.75, 3.05) is 7.05 Å². The van der Waals surface area contributed by atoms with Gasteiger partial charge in [0.2, 0.25) is 5.91 Å². The third kappa shape index (κ3) is 2.85. The van der Waals surface area contributed by atoms with Crippen molar-refractivity contribution in [3.8, 4) is 6.07 Å². The lowest BCUT2D eigenvalue weighted by molar-refractivity contribution is -0.132. The Morgan fingerprint density at radius 3 is 2.84 bits per heavy atom. The number of nitrogens with one attached hydrogen (secondary N) is 1. The molecule has 19 heavy (non-hydrogen) atoms. The molecule has 0 radical (unpaired) electrons. The SMILES string of the molecule is CNC(=O)[C@H](C#N)C(=O)[C@@H]1C[C@H]1c1cccc(Br)c1. The molecule has 0 bridgehead atoms. The Morgan fingerprint density at radius 2 is 2.26 bits per heavy atom. The van der Waals surface area contributed by atoms with Crippen LogP contribution in [0, 0.1) is 23.2 Å². The van der Waals surface area contributed by atoms with Gasteiger partial charge in [0, 0.05) is 17.4 Å². The maximum atomic E-state index is 12.1. The summed E-state index contributed by atoms with van der Waals surface area (Å²) in [5.41, 5.74) is 1.07. The lowest BCUT2D eigenvalue weighted by Crippen LogP contribution is -2.33. The highest BCUT2D eigenvalue weighted by molar-refractivity contribution is 9.10. The summed E-state index contributed by atoms with van der Waals surface area (Å²) in [7, 11) is 1.43. The summed E-state index contributed by atoms with van der Waals surface area (Å²) in [5.74, 6) is -2.06. The number of amides is 1. The van der Waals surface area contributed by atoms with Crippen LogP contribution in [0.4, 0.5) is 0 Å². The third-order valence-electron chi connectivity index (χ3n) is 3.35. The molecule has 1 saturated carbocycles. The van der Waals surface area contributed by atoms with Gasteiger partial charge < -0.3 is 5.32 Å². The number of ketones is 1. The fourth-order valence-electron chi connectivity index (χ4n) is 2.22. The Balaban J connectivity index is 2.09. The van der Waals surface area contributed by atoms with Crippen LogP contribution in [-0.2, 0) is 9.59 Å². The highest BCUT2D eigenvalue weighted by Crippen LogP contribution is 2.49. The van der Waals surface area contributed by atoms with Crippen LogP contribution in [0.25, 0.3) is 0 Å². The van der Waals surface area contributed by atoms with Gasteiger partial charge in [-0.25, -0.2) is 0 Å². The quantitative estimate of drug-likeness (QED) is 0.863. The second kappa shape index (κ2) is 5.54. The van der Waals surface area contributed by atoms with Crippen LogP contribution < -0.4 is 5.32 Å². The van der Waals surface area contributed by atoms with Crippen molar-refractivity contribution in [2.24, 2.45) is 11.8 Å². The van der Waals surface area contributed by atoms with Crippen LogP contribution in [0.2, 0.25) is 0 Å². The Kier molecular flexibility index (Phi) is 4.01. The highest BCUT2D eigenvalue weighted by atomic mass is 79.9. The van der Waals surface area contributed by atoms with Gasteiger partial charge in [-0.2, -0.15) is 5.26 Å². The number of rotatable bonds is 4. The van der Waals surface area contributed by atoms with Crippen molar-refractivity contribution in [2.45, 2.75) is 12.3 Å². The molecule has 0 spiro atoms. The number of benzene rings is 1. The zero-order chi connectivity index (χ0) is 14.0. The summed E-state index contributed by atoms with van der Waals surface area (Å²) in [6.45, 7) is 0. The zero-order valence-electron chi connectivity index (χ0n) is 10.4. The van der Waals surface area contributed by atoms with Crippen molar-refractivity contribution in [3.05, 3.63) is 34.3 Å². The monoisotopic (exact) mass is 320 g/mol. The molecular weight excluding hydrogens is 308 g/mol. The first-order chi connectivity index (χ1) is 9.08. The van der Waals surface area contributed by atoms with Gasteiger partial charge in [-0.15, -0.1) is 0 Å². The molecule has 4 nitrogen and oxygen atoms in total. The van der Waals surface area contributed by atoms with Gasteiger partial charge >= 0.3 is 0 Å². The van der Waals surface area contributed by atoms with E-state index in [1.807, 2.05) is 24.3 Å². The largest absolute Gasteiger partial charge is 0.358 e.